The zero-order valence-corrected chi connectivity index (χ0v) is 3.80. The highest BCUT2D eigenvalue weighted by molar-refractivity contribution is 6.14. The molecule has 0 amide bonds. The van der Waals surface area contributed by atoms with Crippen molar-refractivity contribution in [2.45, 2.75) is 5.87 Å². The Bertz CT molecular complexity index is 38.5. The summed E-state index contributed by atoms with van der Waals surface area (Å²) in [7, 11) is 2.34. The zero-order chi connectivity index (χ0) is 5.21. The maximum absolute atomic E-state index is 8.16. The molecule has 0 aromatic carbocycles. The highest BCUT2D eigenvalue weighted by atomic mass is 16.7. The molecule has 6 heavy (non-hydrogen) atoms. The van der Waals surface area contributed by atoms with E-state index >= 15 is 0 Å². The molecule has 0 aliphatic heterocycles. The average Bonchev–Trinajstić information content (AvgIpc) is 1.35. The fourth-order valence-corrected chi connectivity index (χ4v) is 0. The van der Waals surface area contributed by atoms with Crippen LogP contribution in [-0.2, 0) is 4.65 Å². The first-order valence-electron chi connectivity index (χ1n) is 1.56. The maximum atomic E-state index is 8.16. The van der Waals surface area contributed by atoms with Crippen LogP contribution in [0.3, 0.4) is 0 Å². The molecule has 0 aliphatic carbocycles. The number of hydrogen-bond donors (Lipinski definition) is 2. The quantitative estimate of drug-likeness (QED) is 0.261. The van der Waals surface area contributed by atoms with Gasteiger partial charge < -0.3 is 14.9 Å². The molecule has 0 heterocycles. The van der Waals surface area contributed by atoms with E-state index in [1.807, 2.05) is 0 Å². The van der Waals surface area contributed by atoms with Crippen molar-refractivity contribution < 1.29 is 14.9 Å². The average molecular weight is 87.7 g/mol. The van der Waals surface area contributed by atoms with Crippen LogP contribution in [0.4, 0.5) is 0 Å². The van der Waals surface area contributed by atoms with Crippen LogP contribution in [-0.4, -0.2) is 32.0 Å². The molecule has 0 spiro atoms. The second kappa shape index (κ2) is 1.64. The summed E-state index contributed by atoms with van der Waals surface area (Å²) in [6.45, 7) is 0. The normalized spacial score (nSPS) is 11.7. The molecule has 3 nitrogen and oxygen atoms in total. The molecule has 0 atom stereocenters. The molecule has 0 saturated heterocycles. The van der Waals surface area contributed by atoms with Crippen LogP contribution in [0.15, 0.2) is 0 Å². The van der Waals surface area contributed by atoms with Gasteiger partial charge in [-0.2, -0.15) is 0 Å². The van der Waals surface area contributed by atoms with Crippen LogP contribution in [0.25, 0.3) is 0 Å². The molecule has 0 aromatic heterocycles. The molecule has 0 bridgehead atoms. The Kier molecular flexibility index (Phi) is 1.64. The van der Waals surface area contributed by atoms with Crippen molar-refractivity contribution in [1.29, 1.82) is 0 Å². The fraction of sp³-hybridized carbons (Fsp3) is 1.00. The van der Waals surface area contributed by atoms with Gasteiger partial charge >= 0.3 is 0 Å². The summed E-state index contributed by atoms with van der Waals surface area (Å²) in [6.07, 6.45) is 0. The smallest absolute Gasteiger partial charge is 0.263 e. The first kappa shape index (κ1) is 6.01. The summed E-state index contributed by atoms with van der Waals surface area (Å²) in [5.74, 6) is -1.96. The van der Waals surface area contributed by atoms with E-state index in [-0.39, 0.29) is 0 Å². The van der Waals surface area contributed by atoms with Crippen molar-refractivity contribution >= 4 is 15.9 Å². The minimum Gasteiger partial charge on any atom is -0.406 e. The number of aliphatic hydroxyl groups is 2. The lowest BCUT2D eigenvalue weighted by Gasteiger charge is -2.12. The minimum atomic E-state index is -1.96. The van der Waals surface area contributed by atoms with Crippen molar-refractivity contribution in [3.63, 3.8) is 0 Å². The van der Waals surface area contributed by atoms with Crippen LogP contribution in [0.5, 0.6) is 0 Å². The molecule has 0 saturated carbocycles. The van der Waals surface area contributed by atoms with Crippen molar-refractivity contribution in [1.82, 2.24) is 0 Å². The van der Waals surface area contributed by atoms with Crippen LogP contribution in [0.1, 0.15) is 0 Å². The first-order chi connectivity index (χ1) is 2.56. The molecule has 0 rings (SSSR count). The van der Waals surface area contributed by atoms with Gasteiger partial charge in [0.2, 0.25) is 13.7 Å². The van der Waals surface area contributed by atoms with E-state index in [1.165, 1.54) is 8.05 Å². The Balaban J connectivity index is 3.17. The van der Waals surface area contributed by atoms with Gasteiger partial charge in [0.05, 0.1) is 0 Å². The van der Waals surface area contributed by atoms with E-state index in [4.69, 9.17) is 10.2 Å². The molecule has 0 aliphatic rings. The Labute approximate surface area is 37.8 Å². The topological polar surface area (TPSA) is 49.7 Å². The lowest BCUT2D eigenvalue weighted by molar-refractivity contribution is -0.222. The third-order valence-electron chi connectivity index (χ3n) is 0.387. The van der Waals surface area contributed by atoms with Crippen LogP contribution in [0.2, 0.25) is 0 Å². The van der Waals surface area contributed by atoms with Gasteiger partial charge in [0.1, 0.15) is 0 Å². The Morgan fingerprint density at radius 3 is 1.67 bits per heavy atom. The first-order valence-corrected chi connectivity index (χ1v) is 1.56. The van der Waals surface area contributed by atoms with Gasteiger partial charge in [-0.05, 0) is 0 Å². The molecular weight excluding hydrogens is 81.6 g/mol. The molecule has 0 radical (unpaired) electrons. The van der Waals surface area contributed by atoms with Crippen LogP contribution >= 0.6 is 0 Å². The predicted molar refractivity (Wildman–Crippen MR) is 25.3 cm³/mol. The highest BCUT2D eigenvalue weighted by Crippen LogP contribution is 1.86. The van der Waals surface area contributed by atoms with Crippen molar-refractivity contribution in [2.24, 2.45) is 0 Å². The molecule has 34 valence electrons. The summed E-state index contributed by atoms with van der Waals surface area (Å²) in [5, 5.41) is 16.3. The lowest BCUT2D eigenvalue weighted by atomic mass is 10.1. The SMILES string of the molecule is BOC(B)(O)O. The van der Waals surface area contributed by atoms with Crippen molar-refractivity contribution in [3.05, 3.63) is 0 Å². The van der Waals surface area contributed by atoms with Gasteiger partial charge in [-0.1, -0.05) is 0 Å². The van der Waals surface area contributed by atoms with Gasteiger partial charge in [-0.25, -0.2) is 0 Å². The van der Waals surface area contributed by atoms with Crippen molar-refractivity contribution in [3.8, 4) is 0 Å². The van der Waals surface area contributed by atoms with E-state index in [0.717, 1.165) is 7.85 Å². The monoisotopic (exact) mass is 88.1 g/mol. The van der Waals surface area contributed by atoms with Crippen LogP contribution < -0.4 is 0 Å². The summed E-state index contributed by atoms with van der Waals surface area (Å²) < 4.78 is 4.05. The summed E-state index contributed by atoms with van der Waals surface area (Å²) >= 11 is 0. The van der Waals surface area contributed by atoms with Gasteiger partial charge in [0, 0.05) is 0 Å². The predicted octanol–water partition coefficient (Wildman–Crippen LogP) is -3.22. The standard InChI is InChI=1S/CH6B2O3/c2-1(4,5)6-3/h4-5H,2-3H2. The maximum Gasteiger partial charge on any atom is 0.263 e. The summed E-state index contributed by atoms with van der Waals surface area (Å²) in [6, 6.07) is 0. The molecular formula is CH6B2O3. The van der Waals surface area contributed by atoms with E-state index in [2.05, 4.69) is 4.65 Å². The summed E-state index contributed by atoms with van der Waals surface area (Å²) in [4.78, 5) is 0. The minimum absolute atomic E-state index is 1.13. The molecule has 5 heteroatoms. The van der Waals surface area contributed by atoms with E-state index in [0.29, 0.717) is 0 Å². The largest absolute Gasteiger partial charge is 0.406 e. The zero-order valence-electron chi connectivity index (χ0n) is 3.80. The van der Waals surface area contributed by atoms with E-state index in [1.54, 1.807) is 0 Å². The third-order valence-corrected chi connectivity index (χ3v) is 0.387. The molecule has 0 aromatic rings. The Hall–Kier alpha value is 0.00987. The lowest BCUT2D eigenvalue weighted by Crippen LogP contribution is -2.30. The fourth-order valence-electron chi connectivity index (χ4n) is 0. The second-order valence-electron chi connectivity index (χ2n) is 1.14. The molecule has 0 unspecified atom stereocenters. The Morgan fingerprint density at radius 2 is 1.67 bits per heavy atom. The Morgan fingerprint density at radius 1 is 1.50 bits per heavy atom. The van der Waals surface area contributed by atoms with Crippen molar-refractivity contribution in [2.75, 3.05) is 0 Å². The van der Waals surface area contributed by atoms with E-state index < -0.39 is 5.87 Å². The van der Waals surface area contributed by atoms with Gasteiger partial charge in [-0.15, -0.1) is 0 Å². The molecule has 0 fully saturated rings. The molecule has 2 N–H and O–H groups in total. The van der Waals surface area contributed by atoms with E-state index in [9.17, 15) is 0 Å². The number of rotatable bonds is 1. The van der Waals surface area contributed by atoms with Gasteiger partial charge in [0.25, 0.3) is 8.05 Å². The van der Waals surface area contributed by atoms with Gasteiger partial charge in [0.15, 0.2) is 0 Å². The third kappa shape index (κ3) is 4.01. The number of hydrogen-bond acceptors (Lipinski definition) is 3. The summed E-state index contributed by atoms with van der Waals surface area (Å²) in [5.41, 5.74) is 0. The van der Waals surface area contributed by atoms with Gasteiger partial charge in [-0.3, -0.25) is 0 Å². The van der Waals surface area contributed by atoms with Crippen LogP contribution in [0, 0.1) is 0 Å². The second-order valence-corrected chi connectivity index (χ2v) is 1.14. The highest BCUT2D eigenvalue weighted by Gasteiger charge is 2.08.